The summed E-state index contributed by atoms with van der Waals surface area (Å²) in [7, 11) is 0. The van der Waals surface area contributed by atoms with Crippen LogP contribution in [0, 0.1) is 0 Å². The average Bonchev–Trinajstić information content (AvgIpc) is 2.88. The number of carbonyl (C=O) groups is 1. The number of carbonyl (C=O) groups excluding carboxylic acids is 1. The Balaban J connectivity index is 1.47. The van der Waals surface area contributed by atoms with Gasteiger partial charge in [0.15, 0.2) is 0 Å². The minimum atomic E-state index is -0.795. The van der Waals surface area contributed by atoms with Gasteiger partial charge in [-0.05, 0) is 11.1 Å². The summed E-state index contributed by atoms with van der Waals surface area (Å²) < 4.78 is 29.7. The second kappa shape index (κ2) is 9.05. The zero-order valence-corrected chi connectivity index (χ0v) is 16.5. The lowest BCUT2D eigenvalue weighted by atomic mass is 9.90. The zero-order valence-electron chi connectivity index (χ0n) is 16.5. The largest absolute Gasteiger partial charge is 0.433 e. The van der Waals surface area contributed by atoms with Gasteiger partial charge < -0.3 is 23.7 Å². The molecule has 4 rings (SSSR count). The standard InChI is InChI=1S/C23H26O6/c1-17(24)28-22-20-21(27-15-19-10-6-3-7-11-19)23(29-22,12-13-26-20)16-25-14-18-8-4-2-5-9-18/h2-11,20-22H,12-16H2,1H3/t20?,21?,22?,23-/m1/s1. The van der Waals surface area contributed by atoms with E-state index in [2.05, 4.69) is 0 Å². The molecule has 0 aromatic heterocycles. The van der Waals surface area contributed by atoms with Crippen molar-refractivity contribution in [3.63, 3.8) is 0 Å². The van der Waals surface area contributed by atoms with E-state index in [1.807, 2.05) is 60.7 Å². The highest BCUT2D eigenvalue weighted by Crippen LogP contribution is 2.42. The average molecular weight is 398 g/mol. The number of ether oxygens (including phenoxy) is 5. The number of hydrogen-bond donors (Lipinski definition) is 0. The maximum absolute atomic E-state index is 11.5. The number of esters is 1. The molecular weight excluding hydrogens is 372 g/mol. The molecule has 0 spiro atoms. The topological polar surface area (TPSA) is 63.2 Å². The lowest BCUT2D eigenvalue weighted by molar-refractivity contribution is -0.203. The predicted molar refractivity (Wildman–Crippen MR) is 105 cm³/mol. The molecule has 2 aromatic rings. The third-order valence-corrected chi connectivity index (χ3v) is 5.28. The minimum Gasteiger partial charge on any atom is -0.433 e. The highest BCUT2D eigenvalue weighted by Gasteiger charge is 2.60. The summed E-state index contributed by atoms with van der Waals surface area (Å²) in [5.41, 5.74) is 1.43. The van der Waals surface area contributed by atoms with Crippen molar-refractivity contribution in [3.05, 3.63) is 71.8 Å². The Labute approximate surface area is 170 Å². The molecular formula is C23H26O6. The molecule has 0 amide bonds. The van der Waals surface area contributed by atoms with Crippen molar-refractivity contribution in [2.75, 3.05) is 13.2 Å². The van der Waals surface area contributed by atoms with Crippen molar-refractivity contribution < 1.29 is 28.5 Å². The van der Waals surface area contributed by atoms with Gasteiger partial charge in [-0.3, -0.25) is 4.79 Å². The van der Waals surface area contributed by atoms with Crippen molar-refractivity contribution in [2.24, 2.45) is 0 Å². The van der Waals surface area contributed by atoms with E-state index in [9.17, 15) is 4.79 Å². The van der Waals surface area contributed by atoms with Crippen molar-refractivity contribution in [3.8, 4) is 0 Å². The van der Waals surface area contributed by atoms with Crippen LogP contribution in [-0.2, 0) is 41.7 Å². The second-order valence-corrected chi connectivity index (χ2v) is 7.44. The van der Waals surface area contributed by atoms with Crippen molar-refractivity contribution in [2.45, 2.75) is 50.7 Å². The Kier molecular flexibility index (Phi) is 6.25. The molecule has 2 fully saturated rings. The number of fused-ring (bicyclic) bond motifs is 2. The fraction of sp³-hybridized carbons (Fsp3) is 0.435. The van der Waals surface area contributed by atoms with E-state index < -0.39 is 30.1 Å². The Morgan fingerprint density at radius 3 is 2.34 bits per heavy atom. The smallest absolute Gasteiger partial charge is 0.305 e. The first-order valence-corrected chi connectivity index (χ1v) is 9.90. The predicted octanol–water partition coefficient (Wildman–Crippen LogP) is 3.24. The van der Waals surface area contributed by atoms with Gasteiger partial charge >= 0.3 is 5.97 Å². The van der Waals surface area contributed by atoms with Crippen LogP contribution in [-0.4, -0.2) is 43.3 Å². The first kappa shape index (κ1) is 20.0. The van der Waals surface area contributed by atoms with Gasteiger partial charge in [0.05, 0.1) is 26.4 Å². The highest BCUT2D eigenvalue weighted by molar-refractivity contribution is 5.66. The molecule has 6 heteroatoms. The van der Waals surface area contributed by atoms with Gasteiger partial charge in [0.1, 0.15) is 17.8 Å². The summed E-state index contributed by atoms with van der Waals surface area (Å²) in [5.74, 6) is -0.409. The van der Waals surface area contributed by atoms with Crippen molar-refractivity contribution in [1.82, 2.24) is 0 Å². The Morgan fingerprint density at radius 2 is 1.69 bits per heavy atom. The summed E-state index contributed by atoms with van der Waals surface area (Å²) in [4.78, 5) is 11.5. The Morgan fingerprint density at radius 1 is 1.03 bits per heavy atom. The van der Waals surface area contributed by atoms with Crippen molar-refractivity contribution in [1.29, 1.82) is 0 Å². The van der Waals surface area contributed by atoms with Crippen LogP contribution in [0.25, 0.3) is 0 Å². The van der Waals surface area contributed by atoms with Crippen LogP contribution in [0.4, 0.5) is 0 Å². The van der Waals surface area contributed by atoms with Crippen LogP contribution in [0.1, 0.15) is 24.5 Å². The van der Waals surface area contributed by atoms with Gasteiger partial charge in [-0.2, -0.15) is 0 Å². The third-order valence-electron chi connectivity index (χ3n) is 5.28. The van der Waals surface area contributed by atoms with E-state index in [-0.39, 0.29) is 0 Å². The van der Waals surface area contributed by atoms with Gasteiger partial charge in [-0.15, -0.1) is 0 Å². The second-order valence-electron chi connectivity index (χ2n) is 7.44. The van der Waals surface area contributed by atoms with Gasteiger partial charge in [-0.25, -0.2) is 0 Å². The maximum atomic E-state index is 11.5. The first-order chi connectivity index (χ1) is 14.2. The van der Waals surface area contributed by atoms with E-state index in [4.69, 9.17) is 23.7 Å². The van der Waals surface area contributed by atoms with Gasteiger partial charge in [0.25, 0.3) is 0 Å². The molecule has 29 heavy (non-hydrogen) atoms. The van der Waals surface area contributed by atoms with E-state index in [0.29, 0.717) is 32.8 Å². The lowest BCUT2D eigenvalue weighted by Gasteiger charge is -2.38. The molecule has 0 saturated carbocycles. The molecule has 0 aliphatic carbocycles. The molecule has 2 saturated heterocycles. The molecule has 4 atom stereocenters. The molecule has 2 aliphatic heterocycles. The van der Waals surface area contributed by atoms with Crippen molar-refractivity contribution >= 4 is 5.97 Å². The summed E-state index contributed by atoms with van der Waals surface area (Å²) in [6, 6.07) is 19.9. The molecule has 3 unspecified atom stereocenters. The molecule has 2 aliphatic rings. The van der Waals surface area contributed by atoms with Crippen LogP contribution in [0.2, 0.25) is 0 Å². The quantitative estimate of drug-likeness (QED) is 0.636. The van der Waals surface area contributed by atoms with Gasteiger partial charge in [0.2, 0.25) is 6.29 Å². The molecule has 2 bridgehead atoms. The highest BCUT2D eigenvalue weighted by atomic mass is 16.8. The van der Waals surface area contributed by atoms with E-state index in [0.717, 1.165) is 11.1 Å². The molecule has 154 valence electrons. The summed E-state index contributed by atoms with van der Waals surface area (Å²) in [6.07, 6.45) is -1.06. The van der Waals surface area contributed by atoms with E-state index in [1.165, 1.54) is 6.92 Å². The Hall–Kier alpha value is -2.25. The number of rotatable bonds is 8. The first-order valence-electron chi connectivity index (χ1n) is 9.90. The minimum absolute atomic E-state index is 0.332. The van der Waals surface area contributed by atoms with E-state index in [1.54, 1.807) is 0 Å². The normalized spacial score (nSPS) is 28.2. The zero-order chi connectivity index (χ0) is 20.1. The Bertz CT molecular complexity index is 796. The number of hydrogen-bond acceptors (Lipinski definition) is 6. The lowest BCUT2D eigenvalue weighted by Crippen LogP contribution is -2.53. The fourth-order valence-electron chi connectivity index (χ4n) is 3.91. The monoisotopic (exact) mass is 398 g/mol. The SMILES string of the molecule is CC(=O)OC1O[C@@]2(COCc3ccccc3)CCOC1C2OCc1ccccc1. The molecule has 2 heterocycles. The van der Waals surface area contributed by atoms with Crippen LogP contribution in [0.3, 0.4) is 0 Å². The fourth-order valence-corrected chi connectivity index (χ4v) is 3.91. The molecule has 2 aromatic carbocycles. The summed E-state index contributed by atoms with van der Waals surface area (Å²) in [5, 5.41) is 0. The number of benzene rings is 2. The van der Waals surface area contributed by atoms with Gasteiger partial charge in [-0.1, -0.05) is 60.7 Å². The third kappa shape index (κ3) is 4.67. The van der Waals surface area contributed by atoms with Crippen LogP contribution < -0.4 is 0 Å². The van der Waals surface area contributed by atoms with Gasteiger partial charge in [0, 0.05) is 13.3 Å². The molecule has 0 N–H and O–H groups in total. The maximum Gasteiger partial charge on any atom is 0.305 e. The van der Waals surface area contributed by atoms with Crippen LogP contribution in [0.5, 0.6) is 0 Å². The summed E-state index contributed by atoms with van der Waals surface area (Å²) >= 11 is 0. The van der Waals surface area contributed by atoms with Crippen LogP contribution in [0.15, 0.2) is 60.7 Å². The van der Waals surface area contributed by atoms with E-state index >= 15 is 0 Å². The molecule has 0 radical (unpaired) electrons. The van der Waals surface area contributed by atoms with Crippen LogP contribution >= 0.6 is 0 Å². The summed E-state index contributed by atoms with van der Waals surface area (Å²) in [6.45, 7) is 3.09. The molecule has 6 nitrogen and oxygen atoms in total.